The molecule has 2 nitrogen and oxygen atoms in total. The Morgan fingerprint density at radius 2 is 2.15 bits per heavy atom. The number of likely N-dealkylation sites (N-methyl/N-ethyl adjacent to an activating group) is 1. The zero-order valence-corrected chi connectivity index (χ0v) is 10.2. The van der Waals surface area contributed by atoms with Crippen LogP contribution in [0.1, 0.15) is 13.3 Å². The van der Waals surface area contributed by atoms with E-state index in [1.165, 1.54) is 13.0 Å². The summed E-state index contributed by atoms with van der Waals surface area (Å²) in [5.74, 6) is 0.824. The van der Waals surface area contributed by atoms with Crippen LogP contribution in [0.5, 0.6) is 0 Å². The van der Waals surface area contributed by atoms with Crippen LogP contribution >= 0.6 is 7.11 Å². The topological polar surface area (TPSA) is 12.5 Å². The van der Waals surface area contributed by atoms with Gasteiger partial charge in [-0.1, -0.05) is 13.2 Å². The van der Waals surface area contributed by atoms with Crippen molar-refractivity contribution < 1.29 is 4.52 Å². The van der Waals surface area contributed by atoms with E-state index in [2.05, 4.69) is 38.5 Å². The van der Waals surface area contributed by atoms with Gasteiger partial charge in [-0.25, -0.2) is 0 Å². The molecular formula is C10H22NOP. The van der Waals surface area contributed by atoms with Gasteiger partial charge in [-0.05, 0) is 39.8 Å². The Kier molecular flexibility index (Phi) is 3.62. The van der Waals surface area contributed by atoms with Crippen molar-refractivity contribution in [1.29, 1.82) is 0 Å². The van der Waals surface area contributed by atoms with Crippen LogP contribution in [0.25, 0.3) is 0 Å². The summed E-state index contributed by atoms with van der Waals surface area (Å²) in [4.78, 5) is 2.40. The third kappa shape index (κ3) is 3.84. The lowest BCUT2D eigenvalue weighted by atomic mass is 10.1. The molecule has 0 N–H and O–H groups in total. The van der Waals surface area contributed by atoms with Gasteiger partial charge in [-0.2, -0.15) is 0 Å². The molecule has 0 bridgehead atoms. The molecule has 0 aromatic heterocycles. The van der Waals surface area contributed by atoms with Crippen LogP contribution < -0.4 is 0 Å². The molecule has 1 aliphatic heterocycles. The molecule has 0 saturated carbocycles. The van der Waals surface area contributed by atoms with Crippen LogP contribution in [-0.2, 0) is 4.52 Å². The maximum atomic E-state index is 5.79. The summed E-state index contributed by atoms with van der Waals surface area (Å²) >= 11 is 0. The maximum Gasteiger partial charge on any atom is 0.0662 e. The highest BCUT2D eigenvalue weighted by Gasteiger charge is 2.26. The van der Waals surface area contributed by atoms with Crippen molar-refractivity contribution in [3.8, 4) is 0 Å². The van der Waals surface area contributed by atoms with Crippen LogP contribution in [0.3, 0.4) is 0 Å². The molecule has 1 fully saturated rings. The number of hydrogen-bond donors (Lipinski definition) is 0. The van der Waals surface area contributed by atoms with Crippen LogP contribution in [0, 0.1) is 5.92 Å². The minimum Gasteiger partial charge on any atom is -0.361 e. The molecule has 1 aliphatic rings. The van der Waals surface area contributed by atoms with Crippen molar-refractivity contribution >= 4 is 13.4 Å². The minimum atomic E-state index is -1.29. The monoisotopic (exact) mass is 203 g/mol. The fourth-order valence-electron chi connectivity index (χ4n) is 1.84. The van der Waals surface area contributed by atoms with Crippen molar-refractivity contribution in [1.82, 2.24) is 4.90 Å². The highest BCUT2D eigenvalue weighted by Crippen LogP contribution is 2.37. The second-order valence-electron chi connectivity index (χ2n) is 4.80. The molecule has 2 unspecified atom stereocenters. The summed E-state index contributed by atoms with van der Waals surface area (Å²) < 4.78 is 5.79. The van der Waals surface area contributed by atoms with Gasteiger partial charge in [0.05, 0.1) is 6.61 Å². The van der Waals surface area contributed by atoms with E-state index in [4.69, 9.17) is 4.52 Å². The van der Waals surface area contributed by atoms with Crippen LogP contribution in [0.15, 0.2) is 0 Å². The third-order valence-corrected chi connectivity index (χ3v) is 3.36. The maximum absolute atomic E-state index is 5.79. The Morgan fingerprint density at radius 1 is 1.54 bits per heavy atom. The molecule has 0 spiro atoms. The molecule has 13 heavy (non-hydrogen) atoms. The Bertz CT molecular complexity index is 211. The van der Waals surface area contributed by atoms with Crippen LogP contribution in [-0.4, -0.2) is 50.8 Å². The van der Waals surface area contributed by atoms with Crippen molar-refractivity contribution in [3.63, 3.8) is 0 Å². The summed E-state index contributed by atoms with van der Waals surface area (Å²) in [6.45, 7) is 8.62. The summed E-state index contributed by atoms with van der Waals surface area (Å²) in [5.41, 5.74) is 0. The lowest BCUT2D eigenvalue weighted by Gasteiger charge is -2.22. The molecule has 0 amide bonds. The van der Waals surface area contributed by atoms with E-state index < -0.39 is 7.11 Å². The van der Waals surface area contributed by atoms with E-state index in [0.717, 1.165) is 12.5 Å². The van der Waals surface area contributed by atoms with Crippen molar-refractivity contribution in [2.75, 3.05) is 33.5 Å². The lowest BCUT2D eigenvalue weighted by molar-refractivity contribution is 0.212. The molecule has 0 radical (unpaired) electrons. The van der Waals surface area contributed by atoms with E-state index in [1.807, 2.05) is 0 Å². The van der Waals surface area contributed by atoms with Gasteiger partial charge in [0.1, 0.15) is 0 Å². The first-order chi connectivity index (χ1) is 5.88. The lowest BCUT2D eigenvalue weighted by Crippen LogP contribution is -2.28. The van der Waals surface area contributed by atoms with E-state index in [9.17, 15) is 0 Å². The standard InChI is InChI=1S/C10H22NOP/c1-9-6-10(11(2)7-9)8-12-13(3,4)5/h9-10H,3,6-8H2,1-2,4-5H3. The van der Waals surface area contributed by atoms with Crippen molar-refractivity contribution in [2.45, 2.75) is 19.4 Å². The first kappa shape index (κ1) is 11.3. The molecule has 0 aliphatic carbocycles. The molecule has 0 aromatic carbocycles. The first-order valence-electron chi connectivity index (χ1n) is 4.91. The quantitative estimate of drug-likeness (QED) is 0.650. The second-order valence-corrected chi connectivity index (χ2v) is 8.21. The number of hydrogen-bond acceptors (Lipinski definition) is 2. The SMILES string of the molecule is C=P(C)(C)OCC1CC(C)CN1C. The summed E-state index contributed by atoms with van der Waals surface area (Å²) in [6.07, 6.45) is 5.32. The highest BCUT2D eigenvalue weighted by atomic mass is 31.2. The van der Waals surface area contributed by atoms with E-state index in [1.54, 1.807) is 0 Å². The molecule has 78 valence electrons. The molecule has 0 aromatic rings. The fraction of sp³-hybridized carbons (Fsp3) is 0.900. The molecular weight excluding hydrogens is 181 g/mol. The van der Waals surface area contributed by atoms with Gasteiger partial charge in [0, 0.05) is 12.6 Å². The number of rotatable bonds is 3. The first-order valence-corrected chi connectivity index (χ1v) is 7.70. The molecule has 2 atom stereocenters. The third-order valence-electron chi connectivity index (χ3n) is 2.51. The summed E-state index contributed by atoms with van der Waals surface area (Å²) in [5, 5.41) is 0. The average molecular weight is 203 g/mol. The van der Waals surface area contributed by atoms with E-state index in [0.29, 0.717) is 6.04 Å². The average Bonchev–Trinajstić information content (AvgIpc) is 2.24. The molecule has 3 heteroatoms. The summed E-state index contributed by atoms with van der Waals surface area (Å²) in [6, 6.07) is 0.621. The van der Waals surface area contributed by atoms with Gasteiger partial charge in [0.2, 0.25) is 0 Å². The highest BCUT2D eigenvalue weighted by molar-refractivity contribution is 7.67. The van der Waals surface area contributed by atoms with Gasteiger partial charge in [-0.3, -0.25) is 0 Å². The molecule has 1 rings (SSSR count). The minimum absolute atomic E-state index is 0.621. The Labute approximate surface area is 82.3 Å². The predicted molar refractivity (Wildman–Crippen MR) is 62.0 cm³/mol. The normalized spacial score (nSPS) is 31.1. The van der Waals surface area contributed by atoms with Gasteiger partial charge < -0.3 is 9.42 Å². The van der Waals surface area contributed by atoms with Gasteiger partial charge in [0.15, 0.2) is 0 Å². The molecule has 1 heterocycles. The van der Waals surface area contributed by atoms with Crippen LogP contribution in [0.2, 0.25) is 0 Å². The Hall–Kier alpha value is 0.220. The predicted octanol–water partition coefficient (Wildman–Crippen LogP) is 1.97. The zero-order valence-electron chi connectivity index (χ0n) is 9.29. The molecule has 1 saturated heterocycles. The van der Waals surface area contributed by atoms with Crippen molar-refractivity contribution in [2.24, 2.45) is 5.92 Å². The Balaban J connectivity index is 2.34. The smallest absolute Gasteiger partial charge is 0.0662 e. The van der Waals surface area contributed by atoms with Gasteiger partial charge in [0.25, 0.3) is 0 Å². The van der Waals surface area contributed by atoms with E-state index in [-0.39, 0.29) is 0 Å². The number of nitrogens with zero attached hydrogens (tertiary/aromatic N) is 1. The van der Waals surface area contributed by atoms with Gasteiger partial charge >= 0.3 is 0 Å². The largest absolute Gasteiger partial charge is 0.361 e. The fourth-order valence-corrected chi connectivity index (χ4v) is 2.42. The van der Waals surface area contributed by atoms with E-state index >= 15 is 0 Å². The Morgan fingerprint density at radius 3 is 2.54 bits per heavy atom. The number of likely N-dealkylation sites (tertiary alicyclic amines) is 1. The summed E-state index contributed by atoms with van der Waals surface area (Å²) in [7, 11) is 0.895. The van der Waals surface area contributed by atoms with Crippen LogP contribution in [0.4, 0.5) is 0 Å². The second kappa shape index (κ2) is 4.16. The zero-order chi connectivity index (χ0) is 10.1. The van der Waals surface area contributed by atoms with Crippen molar-refractivity contribution in [3.05, 3.63) is 0 Å². The van der Waals surface area contributed by atoms with Gasteiger partial charge in [-0.15, -0.1) is 0 Å².